The number of benzene rings is 1. The molecule has 0 unspecified atom stereocenters. The summed E-state index contributed by atoms with van der Waals surface area (Å²) in [6, 6.07) is 3.88. The standard InChI is InChI=1S/C14H20BrN5O2/c1-4-6-20-14(17-18-19-20)16-9-10-7-11(15)8-12(21-3)13(10)22-5-2/h7-8H,4-6,9H2,1-3H3,(H,16,17,19). The lowest BCUT2D eigenvalue weighted by molar-refractivity contribution is 0.308. The molecule has 0 spiro atoms. The summed E-state index contributed by atoms with van der Waals surface area (Å²) < 4.78 is 13.8. The second-order valence-electron chi connectivity index (χ2n) is 4.61. The number of nitrogens with zero attached hydrogens (tertiary/aromatic N) is 4. The summed E-state index contributed by atoms with van der Waals surface area (Å²) >= 11 is 3.49. The summed E-state index contributed by atoms with van der Waals surface area (Å²) in [6.45, 7) is 5.90. The van der Waals surface area contributed by atoms with Crippen molar-refractivity contribution in [2.45, 2.75) is 33.4 Å². The lowest BCUT2D eigenvalue weighted by Crippen LogP contribution is -2.10. The first-order valence-corrected chi connectivity index (χ1v) is 7.98. The molecule has 2 aromatic rings. The fraction of sp³-hybridized carbons (Fsp3) is 0.500. The van der Waals surface area contributed by atoms with Crippen molar-refractivity contribution in [3.05, 3.63) is 22.2 Å². The third-order valence-corrected chi connectivity index (χ3v) is 3.47. The summed E-state index contributed by atoms with van der Waals surface area (Å²) in [6.07, 6.45) is 0.967. The Labute approximate surface area is 138 Å². The molecule has 0 radical (unpaired) electrons. The van der Waals surface area contributed by atoms with Gasteiger partial charge in [-0.15, -0.1) is 0 Å². The second kappa shape index (κ2) is 7.98. The number of nitrogens with one attached hydrogen (secondary N) is 1. The fourth-order valence-electron chi connectivity index (χ4n) is 2.08. The van der Waals surface area contributed by atoms with Crippen LogP contribution in [0.15, 0.2) is 16.6 Å². The van der Waals surface area contributed by atoms with Gasteiger partial charge in [-0.3, -0.25) is 0 Å². The second-order valence-corrected chi connectivity index (χ2v) is 5.52. The van der Waals surface area contributed by atoms with Gasteiger partial charge in [0, 0.05) is 23.1 Å². The van der Waals surface area contributed by atoms with Crippen LogP contribution in [0.1, 0.15) is 25.8 Å². The minimum Gasteiger partial charge on any atom is -0.493 e. The van der Waals surface area contributed by atoms with Crippen molar-refractivity contribution in [1.82, 2.24) is 20.2 Å². The van der Waals surface area contributed by atoms with E-state index in [-0.39, 0.29) is 0 Å². The third-order valence-electron chi connectivity index (χ3n) is 3.01. The van der Waals surface area contributed by atoms with Gasteiger partial charge in [0.1, 0.15) is 0 Å². The number of methoxy groups -OCH3 is 1. The van der Waals surface area contributed by atoms with E-state index < -0.39 is 0 Å². The molecule has 0 bridgehead atoms. The van der Waals surface area contributed by atoms with Gasteiger partial charge in [-0.2, -0.15) is 0 Å². The predicted molar refractivity (Wildman–Crippen MR) is 87.3 cm³/mol. The number of anilines is 1. The molecule has 0 saturated carbocycles. The van der Waals surface area contributed by atoms with Crippen LogP contribution in [0.3, 0.4) is 0 Å². The van der Waals surface area contributed by atoms with Crippen molar-refractivity contribution < 1.29 is 9.47 Å². The molecule has 1 N–H and O–H groups in total. The van der Waals surface area contributed by atoms with Crippen LogP contribution in [0.2, 0.25) is 0 Å². The molecule has 22 heavy (non-hydrogen) atoms. The van der Waals surface area contributed by atoms with E-state index in [0.717, 1.165) is 28.8 Å². The van der Waals surface area contributed by atoms with Gasteiger partial charge in [0.15, 0.2) is 11.5 Å². The molecular formula is C14H20BrN5O2. The van der Waals surface area contributed by atoms with E-state index in [1.54, 1.807) is 11.8 Å². The molecule has 8 heteroatoms. The molecule has 0 aliphatic rings. The number of rotatable bonds is 8. The van der Waals surface area contributed by atoms with E-state index in [2.05, 4.69) is 43.7 Å². The highest BCUT2D eigenvalue weighted by molar-refractivity contribution is 9.10. The summed E-state index contributed by atoms with van der Waals surface area (Å²) in [7, 11) is 1.63. The first-order chi connectivity index (χ1) is 10.7. The first-order valence-electron chi connectivity index (χ1n) is 7.18. The Hall–Kier alpha value is -1.83. The molecule has 0 aliphatic heterocycles. The molecule has 0 atom stereocenters. The average Bonchev–Trinajstić information content (AvgIpc) is 2.95. The van der Waals surface area contributed by atoms with Crippen LogP contribution in [0.4, 0.5) is 5.95 Å². The number of ether oxygens (including phenoxy) is 2. The van der Waals surface area contributed by atoms with Gasteiger partial charge in [-0.05, 0) is 35.9 Å². The van der Waals surface area contributed by atoms with E-state index >= 15 is 0 Å². The summed E-state index contributed by atoms with van der Waals surface area (Å²) in [5.74, 6) is 2.07. The highest BCUT2D eigenvalue weighted by atomic mass is 79.9. The zero-order chi connectivity index (χ0) is 15.9. The highest BCUT2D eigenvalue weighted by Crippen LogP contribution is 2.35. The monoisotopic (exact) mass is 369 g/mol. The summed E-state index contributed by atoms with van der Waals surface area (Å²) in [4.78, 5) is 0. The number of aryl methyl sites for hydroxylation is 1. The Morgan fingerprint density at radius 2 is 2.14 bits per heavy atom. The smallest absolute Gasteiger partial charge is 0.243 e. The van der Waals surface area contributed by atoms with Crippen LogP contribution in [0.25, 0.3) is 0 Å². The Balaban J connectivity index is 2.21. The minimum absolute atomic E-state index is 0.537. The van der Waals surface area contributed by atoms with Crippen LogP contribution in [0, 0.1) is 0 Å². The third kappa shape index (κ3) is 3.88. The average molecular weight is 370 g/mol. The summed E-state index contributed by atoms with van der Waals surface area (Å²) in [5.41, 5.74) is 0.971. The minimum atomic E-state index is 0.537. The van der Waals surface area contributed by atoms with E-state index in [0.29, 0.717) is 24.8 Å². The molecule has 0 fully saturated rings. The maximum Gasteiger partial charge on any atom is 0.243 e. The number of hydrogen-bond donors (Lipinski definition) is 1. The van der Waals surface area contributed by atoms with Crippen LogP contribution >= 0.6 is 15.9 Å². The SMILES string of the molecule is CCCn1nnnc1NCc1cc(Br)cc(OC)c1OCC. The quantitative estimate of drug-likeness (QED) is 0.770. The molecule has 7 nitrogen and oxygen atoms in total. The van der Waals surface area contributed by atoms with E-state index in [1.807, 2.05) is 19.1 Å². The molecule has 0 amide bonds. The molecule has 0 saturated heterocycles. The van der Waals surface area contributed by atoms with E-state index in [4.69, 9.17) is 9.47 Å². The van der Waals surface area contributed by atoms with Crippen molar-refractivity contribution in [2.24, 2.45) is 0 Å². The lowest BCUT2D eigenvalue weighted by Gasteiger charge is -2.15. The molecule has 1 aromatic carbocycles. The molecule has 1 aromatic heterocycles. The maximum atomic E-state index is 5.72. The Morgan fingerprint density at radius 1 is 1.32 bits per heavy atom. The Morgan fingerprint density at radius 3 is 2.82 bits per heavy atom. The molecule has 120 valence electrons. The zero-order valence-corrected chi connectivity index (χ0v) is 14.6. The number of aromatic nitrogens is 4. The zero-order valence-electron chi connectivity index (χ0n) is 13.0. The van der Waals surface area contributed by atoms with Crippen LogP contribution < -0.4 is 14.8 Å². The van der Waals surface area contributed by atoms with Crippen molar-refractivity contribution in [1.29, 1.82) is 0 Å². The van der Waals surface area contributed by atoms with Gasteiger partial charge >= 0.3 is 0 Å². The largest absolute Gasteiger partial charge is 0.493 e. The number of hydrogen-bond acceptors (Lipinski definition) is 6. The normalized spacial score (nSPS) is 10.5. The van der Waals surface area contributed by atoms with Gasteiger partial charge < -0.3 is 14.8 Å². The molecular weight excluding hydrogens is 350 g/mol. The lowest BCUT2D eigenvalue weighted by atomic mass is 10.2. The van der Waals surface area contributed by atoms with Crippen LogP contribution in [0.5, 0.6) is 11.5 Å². The highest BCUT2D eigenvalue weighted by Gasteiger charge is 2.13. The molecule has 0 aliphatic carbocycles. The molecule has 2 rings (SSSR count). The van der Waals surface area contributed by atoms with E-state index in [9.17, 15) is 0 Å². The van der Waals surface area contributed by atoms with E-state index in [1.165, 1.54) is 0 Å². The van der Waals surface area contributed by atoms with Gasteiger partial charge in [0.25, 0.3) is 0 Å². The van der Waals surface area contributed by atoms with Gasteiger partial charge in [-0.1, -0.05) is 28.0 Å². The Kier molecular flexibility index (Phi) is 6.00. The molecule has 1 heterocycles. The van der Waals surface area contributed by atoms with Crippen molar-refractivity contribution in [3.63, 3.8) is 0 Å². The van der Waals surface area contributed by atoms with Gasteiger partial charge in [-0.25, -0.2) is 4.68 Å². The van der Waals surface area contributed by atoms with Gasteiger partial charge in [0.2, 0.25) is 5.95 Å². The number of halogens is 1. The van der Waals surface area contributed by atoms with Crippen LogP contribution in [-0.2, 0) is 13.1 Å². The van der Waals surface area contributed by atoms with Crippen LogP contribution in [-0.4, -0.2) is 33.9 Å². The fourth-order valence-corrected chi connectivity index (χ4v) is 2.57. The van der Waals surface area contributed by atoms with Crippen molar-refractivity contribution in [3.8, 4) is 11.5 Å². The van der Waals surface area contributed by atoms with Gasteiger partial charge in [0.05, 0.1) is 13.7 Å². The number of tetrazole rings is 1. The van der Waals surface area contributed by atoms with Crippen molar-refractivity contribution in [2.75, 3.05) is 19.0 Å². The summed E-state index contributed by atoms with van der Waals surface area (Å²) in [5, 5.41) is 14.9. The van der Waals surface area contributed by atoms with Crippen molar-refractivity contribution >= 4 is 21.9 Å². The predicted octanol–water partition coefficient (Wildman–Crippen LogP) is 2.87. The first kappa shape index (κ1) is 16.5. The topological polar surface area (TPSA) is 74.1 Å². The Bertz CT molecular complexity index is 617. The maximum absolute atomic E-state index is 5.72.